The lowest BCUT2D eigenvalue weighted by molar-refractivity contribution is -0.119. The van der Waals surface area contributed by atoms with E-state index >= 15 is 0 Å². The lowest BCUT2D eigenvalue weighted by Gasteiger charge is -2.17. The summed E-state index contributed by atoms with van der Waals surface area (Å²) in [7, 11) is 1.56. The number of methoxy groups -OCH3 is 1. The van der Waals surface area contributed by atoms with E-state index in [0.29, 0.717) is 11.7 Å². The molecule has 1 rings (SSSR count). The summed E-state index contributed by atoms with van der Waals surface area (Å²) in [4.78, 5) is 20.0. The summed E-state index contributed by atoms with van der Waals surface area (Å²) >= 11 is 0. The number of aryl methyl sites for hydroxylation is 1. The van der Waals surface area contributed by atoms with Gasteiger partial charge in [0, 0.05) is 6.07 Å². The molecule has 0 aliphatic carbocycles. The molecule has 1 aromatic heterocycles. The van der Waals surface area contributed by atoms with E-state index in [4.69, 9.17) is 4.74 Å². The van der Waals surface area contributed by atoms with E-state index in [-0.39, 0.29) is 17.6 Å². The van der Waals surface area contributed by atoms with E-state index in [2.05, 4.69) is 9.97 Å². The molecular formula is C12H18N2O2. The number of ketones is 1. The van der Waals surface area contributed by atoms with Crippen molar-refractivity contribution in [1.29, 1.82) is 0 Å². The van der Waals surface area contributed by atoms with Crippen LogP contribution in [0.2, 0.25) is 0 Å². The van der Waals surface area contributed by atoms with E-state index in [1.165, 1.54) is 0 Å². The fraction of sp³-hybridized carbons (Fsp3) is 0.583. The van der Waals surface area contributed by atoms with Crippen molar-refractivity contribution < 1.29 is 9.53 Å². The van der Waals surface area contributed by atoms with Crippen LogP contribution in [0.5, 0.6) is 5.88 Å². The first-order chi connectivity index (χ1) is 7.45. The molecule has 0 fully saturated rings. The zero-order valence-corrected chi connectivity index (χ0v) is 10.4. The fourth-order valence-corrected chi connectivity index (χ4v) is 1.85. The first kappa shape index (κ1) is 12.6. The molecule has 1 atom stereocenters. The van der Waals surface area contributed by atoms with Crippen molar-refractivity contribution in [2.75, 3.05) is 7.11 Å². The van der Waals surface area contributed by atoms with Gasteiger partial charge in [0.2, 0.25) is 5.88 Å². The molecule has 16 heavy (non-hydrogen) atoms. The molecule has 0 aliphatic heterocycles. The highest BCUT2D eigenvalue weighted by atomic mass is 16.5. The summed E-state index contributed by atoms with van der Waals surface area (Å²) in [6.07, 6.45) is 0. The average molecular weight is 222 g/mol. The Morgan fingerprint density at radius 2 is 2.00 bits per heavy atom. The van der Waals surface area contributed by atoms with Crippen LogP contribution in [-0.2, 0) is 4.79 Å². The van der Waals surface area contributed by atoms with Crippen molar-refractivity contribution in [1.82, 2.24) is 9.97 Å². The summed E-state index contributed by atoms with van der Waals surface area (Å²) in [6.45, 7) is 7.41. The van der Waals surface area contributed by atoms with E-state index in [1.807, 2.05) is 13.8 Å². The molecule has 1 heterocycles. The first-order valence-corrected chi connectivity index (χ1v) is 5.35. The third-order valence-corrected chi connectivity index (χ3v) is 2.47. The lowest BCUT2D eigenvalue weighted by atomic mass is 9.89. The van der Waals surface area contributed by atoms with E-state index in [1.54, 1.807) is 27.0 Å². The van der Waals surface area contributed by atoms with Crippen molar-refractivity contribution in [2.45, 2.75) is 33.6 Å². The highest BCUT2D eigenvalue weighted by Crippen LogP contribution is 2.25. The van der Waals surface area contributed by atoms with Gasteiger partial charge in [-0.15, -0.1) is 0 Å². The number of Topliss-reactive ketones (excluding diaryl/α,β-unsaturated/α-hetero) is 1. The predicted octanol–water partition coefficient (Wildman–Crippen LogP) is 2.12. The summed E-state index contributed by atoms with van der Waals surface area (Å²) in [6, 6.07) is 1.74. The normalized spacial score (nSPS) is 12.6. The largest absolute Gasteiger partial charge is 0.481 e. The quantitative estimate of drug-likeness (QED) is 0.783. The van der Waals surface area contributed by atoms with E-state index in [0.717, 1.165) is 5.69 Å². The number of hydrogen-bond acceptors (Lipinski definition) is 4. The van der Waals surface area contributed by atoms with Crippen molar-refractivity contribution in [3.8, 4) is 5.88 Å². The van der Waals surface area contributed by atoms with Gasteiger partial charge in [-0.2, -0.15) is 4.98 Å². The highest BCUT2D eigenvalue weighted by Gasteiger charge is 2.23. The van der Waals surface area contributed by atoms with Gasteiger partial charge in [-0.25, -0.2) is 4.98 Å². The second-order valence-electron chi connectivity index (χ2n) is 4.21. The van der Waals surface area contributed by atoms with Gasteiger partial charge in [0.05, 0.1) is 18.7 Å². The van der Waals surface area contributed by atoms with Crippen LogP contribution in [0.1, 0.15) is 38.2 Å². The Bertz CT molecular complexity index is 389. The zero-order valence-electron chi connectivity index (χ0n) is 10.4. The molecule has 0 bridgehead atoms. The van der Waals surface area contributed by atoms with Gasteiger partial charge in [-0.1, -0.05) is 13.8 Å². The van der Waals surface area contributed by atoms with Gasteiger partial charge in [-0.05, 0) is 19.8 Å². The van der Waals surface area contributed by atoms with E-state index < -0.39 is 0 Å². The van der Waals surface area contributed by atoms with Gasteiger partial charge in [-0.3, -0.25) is 4.79 Å². The third-order valence-electron chi connectivity index (χ3n) is 2.47. The van der Waals surface area contributed by atoms with Crippen LogP contribution in [0.3, 0.4) is 0 Å². The minimum absolute atomic E-state index is 0.121. The fourth-order valence-electron chi connectivity index (χ4n) is 1.85. The Hall–Kier alpha value is -1.45. The molecule has 88 valence electrons. The SMILES string of the molecule is COc1cc(C(C(C)=O)C(C)C)nc(C)n1. The monoisotopic (exact) mass is 222 g/mol. The van der Waals surface area contributed by atoms with Crippen LogP contribution in [0.15, 0.2) is 6.07 Å². The van der Waals surface area contributed by atoms with Gasteiger partial charge in [0.15, 0.2) is 0 Å². The summed E-state index contributed by atoms with van der Waals surface area (Å²) in [5.74, 6) is 1.29. The van der Waals surface area contributed by atoms with Crippen LogP contribution < -0.4 is 4.74 Å². The topological polar surface area (TPSA) is 52.1 Å². The predicted molar refractivity (Wildman–Crippen MR) is 61.6 cm³/mol. The molecule has 0 aliphatic rings. The summed E-state index contributed by atoms with van der Waals surface area (Å²) in [5.41, 5.74) is 0.742. The van der Waals surface area contributed by atoms with Gasteiger partial charge >= 0.3 is 0 Å². The molecule has 0 N–H and O–H groups in total. The van der Waals surface area contributed by atoms with Gasteiger partial charge < -0.3 is 4.74 Å². The van der Waals surface area contributed by atoms with E-state index in [9.17, 15) is 4.79 Å². The van der Waals surface area contributed by atoms with Crippen molar-refractivity contribution in [3.63, 3.8) is 0 Å². The lowest BCUT2D eigenvalue weighted by Crippen LogP contribution is -2.17. The third kappa shape index (κ3) is 2.78. The number of ether oxygens (including phenoxy) is 1. The average Bonchev–Trinajstić information content (AvgIpc) is 2.15. The summed E-state index contributed by atoms with van der Waals surface area (Å²) in [5, 5.41) is 0. The molecule has 0 spiro atoms. The molecular weight excluding hydrogens is 204 g/mol. The number of carbonyl (C=O) groups is 1. The molecule has 0 amide bonds. The molecule has 4 heteroatoms. The van der Waals surface area contributed by atoms with Crippen molar-refractivity contribution in [2.24, 2.45) is 5.92 Å². The number of aromatic nitrogens is 2. The molecule has 1 aromatic rings. The number of carbonyl (C=O) groups excluding carboxylic acids is 1. The molecule has 0 saturated heterocycles. The minimum Gasteiger partial charge on any atom is -0.481 e. The second kappa shape index (κ2) is 5.05. The molecule has 1 unspecified atom stereocenters. The number of rotatable bonds is 4. The highest BCUT2D eigenvalue weighted by molar-refractivity contribution is 5.83. The van der Waals surface area contributed by atoms with Crippen LogP contribution in [0.25, 0.3) is 0 Å². The number of hydrogen-bond donors (Lipinski definition) is 0. The minimum atomic E-state index is -0.185. The molecule has 0 radical (unpaired) electrons. The Morgan fingerprint density at radius 1 is 1.38 bits per heavy atom. The smallest absolute Gasteiger partial charge is 0.216 e. The second-order valence-corrected chi connectivity index (χ2v) is 4.21. The number of nitrogens with zero attached hydrogens (tertiary/aromatic N) is 2. The van der Waals surface area contributed by atoms with Crippen molar-refractivity contribution >= 4 is 5.78 Å². The standard InChI is InChI=1S/C12H18N2O2/c1-7(2)12(8(3)15)10-6-11(16-5)14-9(4)13-10/h6-7,12H,1-5H3. The van der Waals surface area contributed by atoms with Crippen LogP contribution in [-0.4, -0.2) is 22.9 Å². The Morgan fingerprint density at radius 3 is 2.44 bits per heavy atom. The summed E-state index contributed by atoms with van der Waals surface area (Å²) < 4.78 is 5.08. The first-order valence-electron chi connectivity index (χ1n) is 5.35. The molecule has 4 nitrogen and oxygen atoms in total. The Labute approximate surface area is 96.1 Å². The maximum Gasteiger partial charge on any atom is 0.216 e. The zero-order chi connectivity index (χ0) is 12.3. The van der Waals surface area contributed by atoms with Crippen molar-refractivity contribution in [3.05, 3.63) is 17.6 Å². The molecule has 0 saturated carbocycles. The van der Waals surface area contributed by atoms with Crippen LogP contribution in [0.4, 0.5) is 0 Å². The van der Waals surface area contributed by atoms with Gasteiger partial charge in [0.1, 0.15) is 11.6 Å². The maximum atomic E-state index is 11.6. The van der Waals surface area contributed by atoms with Crippen LogP contribution in [0, 0.1) is 12.8 Å². The van der Waals surface area contributed by atoms with Crippen LogP contribution >= 0.6 is 0 Å². The Kier molecular flexibility index (Phi) is 3.99. The maximum absolute atomic E-state index is 11.6. The molecule has 0 aromatic carbocycles. The Balaban J connectivity index is 3.18. The van der Waals surface area contributed by atoms with Gasteiger partial charge in [0.25, 0.3) is 0 Å².